The molecule has 0 aliphatic carbocycles. The Morgan fingerprint density at radius 1 is 0.973 bits per heavy atom. The van der Waals surface area contributed by atoms with Gasteiger partial charge in [0.2, 0.25) is 11.8 Å². The summed E-state index contributed by atoms with van der Waals surface area (Å²) in [7, 11) is 0. The summed E-state index contributed by atoms with van der Waals surface area (Å²) in [6, 6.07) is 20.1. The third-order valence-electron chi connectivity index (χ3n) is 5.89. The number of nitrogens with zero attached hydrogens (tertiary/aromatic N) is 1. The van der Waals surface area contributed by atoms with E-state index in [9.17, 15) is 19.2 Å². The molecule has 10 heteroatoms. The number of carbonyl (C=O) groups excluding carboxylic acids is 3. The summed E-state index contributed by atoms with van der Waals surface area (Å²) in [5.41, 5.74) is 5.33. The maximum Gasteiger partial charge on any atom is 0.335 e. The van der Waals surface area contributed by atoms with E-state index in [0.29, 0.717) is 5.56 Å². The average molecular weight is 523 g/mol. The number of primary amides is 1. The second-order valence-electron chi connectivity index (χ2n) is 8.53. The predicted octanol–water partition coefficient (Wildman–Crippen LogP) is 4.23. The Bertz CT molecular complexity index is 1310. The molecule has 0 fully saturated rings. The third-order valence-corrected chi connectivity index (χ3v) is 6.21. The van der Waals surface area contributed by atoms with Gasteiger partial charge in [0.1, 0.15) is 0 Å². The third kappa shape index (κ3) is 5.73. The number of carbonyl (C=O) groups is 4. The van der Waals surface area contributed by atoms with Crippen LogP contribution in [0.25, 0.3) is 0 Å². The maximum absolute atomic E-state index is 13.8. The zero-order valence-corrected chi connectivity index (χ0v) is 21.0. The minimum atomic E-state index is -1.63. The minimum Gasteiger partial charge on any atom is -0.478 e. The van der Waals surface area contributed by atoms with Gasteiger partial charge in [0.15, 0.2) is 5.54 Å². The Morgan fingerprint density at radius 2 is 1.62 bits per heavy atom. The Morgan fingerprint density at radius 3 is 2.22 bits per heavy atom. The zero-order valence-electron chi connectivity index (χ0n) is 20.3. The summed E-state index contributed by atoms with van der Waals surface area (Å²) in [6.07, 6.45) is 0. The highest BCUT2D eigenvalue weighted by molar-refractivity contribution is 6.34. The number of benzene rings is 3. The molecule has 1 atom stereocenters. The van der Waals surface area contributed by atoms with Crippen molar-refractivity contribution >= 4 is 46.8 Å². The van der Waals surface area contributed by atoms with Crippen molar-refractivity contribution in [2.75, 3.05) is 16.8 Å². The molecule has 0 saturated heterocycles. The van der Waals surface area contributed by atoms with Crippen LogP contribution in [-0.2, 0) is 15.1 Å². The number of carboxylic acid groups (broad SMARTS) is 1. The van der Waals surface area contributed by atoms with Gasteiger partial charge in [-0.3, -0.25) is 14.5 Å². The van der Waals surface area contributed by atoms with Crippen LogP contribution < -0.4 is 21.3 Å². The van der Waals surface area contributed by atoms with Crippen molar-refractivity contribution < 1.29 is 24.3 Å². The van der Waals surface area contributed by atoms with Crippen molar-refractivity contribution in [2.45, 2.75) is 19.4 Å². The number of carboxylic acids is 1. The summed E-state index contributed by atoms with van der Waals surface area (Å²) in [4.78, 5) is 51.9. The van der Waals surface area contributed by atoms with Crippen LogP contribution in [0.3, 0.4) is 0 Å². The topological polar surface area (TPSA) is 142 Å². The van der Waals surface area contributed by atoms with Crippen molar-refractivity contribution in [1.82, 2.24) is 5.32 Å². The Kier molecular flexibility index (Phi) is 8.52. The van der Waals surface area contributed by atoms with Crippen LogP contribution in [0.1, 0.15) is 29.8 Å². The number of anilines is 2. The number of amides is 4. The van der Waals surface area contributed by atoms with Crippen molar-refractivity contribution in [3.63, 3.8) is 0 Å². The van der Waals surface area contributed by atoms with Gasteiger partial charge in [-0.25, -0.2) is 9.59 Å². The molecule has 0 heterocycles. The summed E-state index contributed by atoms with van der Waals surface area (Å²) < 4.78 is 0. The van der Waals surface area contributed by atoms with Gasteiger partial charge in [0, 0.05) is 5.69 Å². The lowest BCUT2D eigenvalue weighted by molar-refractivity contribution is -0.130. The minimum absolute atomic E-state index is 0.00944. The number of nitrogens with two attached hydrogens (primary N) is 1. The zero-order chi connectivity index (χ0) is 27.2. The second kappa shape index (κ2) is 11.6. The van der Waals surface area contributed by atoms with Crippen LogP contribution in [0.5, 0.6) is 0 Å². The van der Waals surface area contributed by atoms with E-state index < -0.39 is 41.8 Å². The molecule has 0 aromatic heterocycles. The molecule has 3 aromatic rings. The molecule has 37 heavy (non-hydrogen) atoms. The van der Waals surface area contributed by atoms with Gasteiger partial charge in [0.25, 0.3) is 0 Å². The first kappa shape index (κ1) is 27.2. The number of hydrogen-bond acceptors (Lipinski definition) is 4. The van der Waals surface area contributed by atoms with Gasteiger partial charge in [-0.2, -0.15) is 0 Å². The lowest BCUT2D eigenvalue weighted by Crippen LogP contribution is -2.62. The number of hydrogen-bond donors (Lipinski definition) is 4. The van der Waals surface area contributed by atoms with Gasteiger partial charge < -0.3 is 21.5 Å². The SMILES string of the molecule is CC(C)C(C(N)=O)(c1ccccc1)N(C(=O)CNC(=O)Nc1cccc(C(=O)O)c1)c1ccccc1Cl. The first-order valence-corrected chi connectivity index (χ1v) is 11.8. The van der Waals surface area contributed by atoms with Gasteiger partial charge in [-0.1, -0.05) is 74.0 Å². The first-order valence-electron chi connectivity index (χ1n) is 11.4. The molecule has 192 valence electrons. The van der Waals surface area contributed by atoms with E-state index >= 15 is 0 Å². The number of rotatable bonds is 9. The molecule has 3 aromatic carbocycles. The maximum atomic E-state index is 13.8. The highest BCUT2D eigenvalue weighted by Gasteiger charge is 2.50. The van der Waals surface area contributed by atoms with Crippen LogP contribution in [0, 0.1) is 5.92 Å². The standard InChI is InChI=1S/C27H27ClN4O5/c1-17(2)27(25(29)36,19-10-4-3-5-11-19)32(22-14-7-6-13-21(22)28)23(33)16-30-26(37)31-20-12-8-9-18(15-20)24(34)35/h3-15,17H,16H2,1-2H3,(H2,29,36)(H,34,35)(H2,30,31,37). The number of halogens is 1. The number of urea groups is 1. The fourth-order valence-corrected chi connectivity index (χ4v) is 4.46. The lowest BCUT2D eigenvalue weighted by Gasteiger charge is -2.45. The highest BCUT2D eigenvalue weighted by atomic mass is 35.5. The molecule has 0 aliphatic rings. The largest absolute Gasteiger partial charge is 0.478 e. The van der Waals surface area contributed by atoms with Gasteiger partial charge in [-0.05, 0) is 41.8 Å². The van der Waals surface area contributed by atoms with E-state index in [-0.39, 0.29) is 22.0 Å². The van der Waals surface area contributed by atoms with Crippen LogP contribution >= 0.6 is 11.6 Å². The summed E-state index contributed by atoms with van der Waals surface area (Å²) in [5.74, 6) is -3.04. The molecule has 0 spiro atoms. The van der Waals surface area contributed by atoms with E-state index in [1.54, 1.807) is 68.4 Å². The van der Waals surface area contributed by atoms with E-state index in [1.807, 2.05) is 0 Å². The highest BCUT2D eigenvalue weighted by Crippen LogP contribution is 2.42. The van der Waals surface area contributed by atoms with Crippen molar-refractivity contribution in [3.8, 4) is 0 Å². The molecule has 1 unspecified atom stereocenters. The number of nitrogens with one attached hydrogen (secondary N) is 2. The van der Waals surface area contributed by atoms with Gasteiger partial charge >= 0.3 is 12.0 Å². The molecule has 4 amide bonds. The van der Waals surface area contributed by atoms with E-state index in [1.165, 1.54) is 29.2 Å². The molecular weight excluding hydrogens is 496 g/mol. The second-order valence-corrected chi connectivity index (χ2v) is 8.93. The lowest BCUT2D eigenvalue weighted by atomic mass is 9.77. The number of aromatic carboxylic acids is 1. The van der Waals surface area contributed by atoms with E-state index in [2.05, 4.69) is 10.6 Å². The predicted molar refractivity (Wildman–Crippen MR) is 142 cm³/mol. The van der Waals surface area contributed by atoms with Crippen LogP contribution in [0.4, 0.5) is 16.2 Å². The monoisotopic (exact) mass is 522 g/mol. The summed E-state index contributed by atoms with van der Waals surface area (Å²) in [5, 5.41) is 14.3. The van der Waals surface area contributed by atoms with Crippen LogP contribution in [0.2, 0.25) is 5.02 Å². The fourth-order valence-electron chi connectivity index (χ4n) is 4.24. The molecule has 0 bridgehead atoms. The van der Waals surface area contributed by atoms with Crippen LogP contribution in [0.15, 0.2) is 78.9 Å². The normalized spacial score (nSPS) is 12.3. The summed E-state index contributed by atoms with van der Waals surface area (Å²) >= 11 is 6.48. The Balaban J connectivity index is 1.98. The molecule has 9 nitrogen and oxygen atoms in total. The molecule has 0 radical (unpaired) electrons. The van der Waals surface area contributed by atoms with Crippen molar-refractivity contribution in [2.24, 2.45) is 11.7 Å². The molecule has 0 saturated carbocycles. The molecular formula is C27H27ClN4O5. The number of para-hydroxylation sites is 1. The first-order chi connectivity index (χ1) is 17.6. The van der Waals surface area contributed by atoms with Gasteiger partial charge in [0.05, 0.1) is 22.8 Å². The van der Waals surface area contributed by atoms with E-state index in [0.717, 1.165) is 0 Å². The summed E-state index contributed by atoms with van der Waals surface area (Å²) in [6.45, 7) is 3.03. The van der Waals surface area contributed by atoms with Crippen molar-refractivity contribution in [1.29, 1.82) is 0 Å². The van der Waals surface area contributed by atoms with Crippen LogP contribution in [-0.4, -0.2) is 35.5 Å². The Labute approximate surface area is 219 Å². The molecule has 0 aliphatic heterocycles. The van der Waals surface area contributed by atoms with E-state index in [4.69, 9.17) is 22.4 Å². The average Bonchev–Trinajstić information content (AvgIpc) is 2.86. The van der Waals surface area contributed by atoms with Crippen molar-refractivity contribution in [3.05, 3.63) is 95.0 Å². The molecule has 3 rings (SSSR count). The smallest absolute Gasteiger partial charge is 0.335 e. The van der Waals surface area contributed by atoms with Gasteiger partial charge in [-0.15, -0.1) is 0 Å². The Hall–Kier alpha value is -4.37. The fraction of sp³-hybridized carbons (Fsp3) is 0.185. The molecule has 5 N–H and O–H groups in total. The quantitative estimate of drug-likeness (QED) is 0.332.